The number of aryl methyl sites for hydroxylation is 1. The molecule has 506 valence electrons. The number of sulfonamides is 1. The summed E-state index contributed by atoms with van der Waals surface area (Å²) in [7, 11) is -8.17. The molecule has 0 spiro atoms. The number of hydrogen-bond acceptors (Lipinski definition) is 20. The normalized spacial score (nSPS) is 15.3. The number of esters is 1. The second-order valence-electron chi connectivity index (χ2n) is 27.4. The van der Waals surface area contributed by atoms with Gasteiger partial charge in [-0.1, -0.05) is 148 Å². The van der Waals surface area contributed by atoms with Crippen molar-refractivity contribution in [1.82, 2.24) is 41.3 Å². The van der Waals surface area contributed by atoms with E-state index in [-0.39, 0.29) is 68.2 Å². The largest absolute Gasteiger partial charge is 0.512 e. The summed E-state index contributed by atoms with van der Waals surface area (Å²) in [5, 5.41) is 61.0. The SMILES string of the molecule is CC(C)(C)C(=O)NC#N.CC(C)(C)C(=O)NO.CC(C)(C)C1CC(=O)C=C1O.CC(C)(C)C1OC(=O)C=C(O)O1.CC(C)(C)S(=O)(=O)NC(F)(F)F.CC(C)(C)S(=O)(=O)O.CC(C)(C)c1cc(=O)[nH]o1.CC(C)(C)c1ccc(O)c(Cl)c1.Cc1nn[nH]n1. The van der Waals surface area contributed by atoms with Crippen molar-refractivity contribution in [1.29, 1.82) is 5.26 Å². The number of aliphatic hydroxyl groups excluding tert-OH is 2. The van der Waals surface area contributed by atoms with Gasteiger partial charge in [0.05, 0.1) is 20.3 Å². The van der Waals surface area contributed by atoms with E-state index in [0.29, 0.717) is 27.8 Å². The van der Waals surface area contributed by atoms with Crippen molar-refractivity contribution in [2.24, 2.45) is 27.6 Å². The van der Waals surface area contributed by atoms with Crippen LogP contribution < -0.4 is 21.1 Å². The number of aromatic amines is 2. The van der Waals surface area contributed by atoms with Crippen LogP contribution in [-0.2, 0) is 59.6 Å². The number of hydrogen-bond donors (Lipinski definition) is 10. The molecule has 1 aromatic carbocycles. The minimum absolute atomic E-state index is 0.00720. The number of nitriles is 1. The molecule has 32 heteroatoms. The summed E-state index contributed by atoms with van der Waals surface area (Å²) in [5.41, 5.74) is 1.22. The molecule has 26 nitrogen and oxygen atoms in total. The molecule has 2 aliphatic rings. The van der Waals surface area contributed by atoms with E-state index in [1.165, 1.54) is 53.7 Å². The number of allylic oxidation sites excluding steroid dienone is 2. The molecule has 2 amide bonds. The second kappa shape index (κ2) is 35.0. The van der Waals surface area contributed by atoms with Gasteiger partial charge in [0.2, 0.25) is 21.8 Å². The first-order chi connectivity index (χ1) is 38.8. The molecule has 0 bridgehead atoms. The lowest BCUT2D eigenvalue weighted by Crippen LogP contribution is -2.46. The number of amides is 2. The number of carbonyl (C=O) groups is 4. The number of cyclic esters (lactones) is 1. The molecule has 1 aliphatic carbocycles. The minimum atomic E-state index is -4.90. The molecule has 2 aromatic heterocycles. The third-order valence-corrected chi connectivity index (χ3v) is 14.5. The fourth-order valence-electron chi connectivity index (χ4n) is 4.69. The summed E-state index contributed by atoms with van der Waals surface area (Å²) >= 11 is 5.77. The number of nitrogens with one attached hydrogen (secondary N) is 5. The molecule has 0 saturated carbocycles. The van der Waals surface area contributed by atoms with Crippen LogP contribution in [0.3, 0.4) is 0 Å². The number of alkyl halides is 3. The van der Waals surface area contributed by atoms with Crippen LogP contribution in [0.1, 0.15) is 190 Å². The lowest BCUT2D eigenvalue weighted by molar-refractivity contribution is -0.207. The number of benzene rings is 1. The van der Waals surface area contributed by atoms with Crippen LogP contribution in [0.4, 0.5) is 13.2 Å². The van der Waals surface area contributed by atoms with E-state index in [2.05, 4.69) is 51.9 Å². The molecule has 3 heterocycles. The molecule has 10 N–H and O–H groups in total. The third kappa shape index (κ3) is 39.3. The highest BCUT2D eigenvalue weighted by atomic mass is 35.5. The van der Waals surface area contributed by atoms with E-state index in [1.54, 1.807) is 72.3 Å². The number of ketones is 1. The van der Waals surface area contributed by atoms with Gasteiger partial charge in [-0.15, -0.1) is 14.9 Å². The summed E-state index contributed by atoms with van der Waals surface area (Å²) in [4.78, 5) is 53.5. The van der Waals surface area contributed by atoms with Crippen LogP contribution in [0.5, 0.6) is 5.75 Å². The van der Waals surface area contributed by atoms with Gasteiger partial charge in [0.1, 0.15) is 17.6 Å². The van der Waals surface area contributed by atoms with E-state index in [9.17, 15) is 64.2 Å². The van der Waals surface area contributed by atoms with E-state index < -0.39 is 59.0 Å². The highest BCUT2D eigenvalue weighted by Crippen LogP contribution is 2.37. The summed E-state index contributed by atoms with van der Waals surface area (Å²) in [5.74, 6) is 0.268. The lowest BCUT2D eigenvalue weighted by Gasteiger charge is -2.31. The van der Waals surface area contributed by atoms with Crippen LogP contribution >= 0.6 is 11.6 Å². The minimum Gasteiger partial charge on any atom is -0.512 e. The summed E-state index contributed by atoms with van der Waals surface area (Å²) < 4.78 is 97.9. The molecule has 88 heavy (non-hydrogen) atoms. The van der Waals surface area contributed by atoms with E-state index in [1.807, 2.05) is 68.4 Å². The highest BCUT2D eigenvalue weighted by Gasteiger charge is 2.40. The van der Waals surface area contributed by atoms with E-state index in [0.717, 1.165) is 11.6 Å². The van der Waals surface area contributed by atoms with Gasteiger partial charge in [0, 0.05) is 46.1 Å². The van der Waals surface area contributed by atoms with Gasteiger partial charge in [-0.3, -0.25) is 34.3 Å². The predicted octanol–water partition coefficient (Wildman–Crippen LogP) is 10.6. The number of phenols is 1. The number of halogens is 4. The molecule has 2 atom stereocenters. The molecule has 3 aromatic rings. The summed E-state index contributed by atoms with van der Waals surface area (Å²) in [6.07, 6.45) is -1.32. The molecule has 1 aliphatic heterocycles. The molecular weight excluding hydrogens is 1230 g/mol. The Labute approximate surface area is 520 Å². The molecule has 0 fully saturated rings. The Morgan fingerprint density at radius 1 is 0.727 bits per heavy atom. The van der Waals surface area contributed by atoms with Gasteiger partial charge in [0.25, 0.3) is 27.9 Å². The molecule has 0 radical (unpaired) electrons. The summed E-state index contributed by atoms with van der Waals surface area (Å²) in [6.45, 7) is 43.9. The van der Waals surface area contributed by atoms with Crippen molar-refractivity contribution in [2.75, 3.05) is 0 Å². The zero-order valence-corrected chi connectivity index (χ0v) is 57.5. The first-order valence-electron chi connectivity index (χ1n) is 26.6. The van der Waals surface area contributed by atoms with Crippen LogP contribution in [-0.4, -0.2) is 113 Å². The average molecular weight is 1320 g/mol. The Hall–Kier alpha value is -6.59. The number of carbonyl (C=O) groups excluding carboxylic acids is 4. The second-order valence-corrected chi connectivity index (χ2v) is 32.4. The number of hydroxylamine groups is 1. The Bertz CT molecular complexity index is 3060. The fourth-order valence-corrected chi connectivity index (χ4v) is 5.48. The number of aliphatic hydroxyl groups is 2. The van der Waals surface area contributed by atoms with Gasteiger partial charge < -0.3 is 29.3 Å². The molecule has 0 saturated heterocycles. The van der Waals surface area contributed by atoms with Gasteiger partial charge >= 0.3 is 12.3 Å². The maximum absolute atomic E-state index is 11.6. The summed E-state index contributed by atoms with van der Waals surface area (Å²) in [6, 6.07) is 6.79. The number of nitrogens with zero attached hydrogens (tertiary/aromatic N) is 4. The van der Waals surface area contributed by atoms with Gasteiger partial charge in [-0.2, -0.15) is 37.2 Å². The molecular formula is C56H95ClF3N9O17S2. The number of ether oxygens (including phenoxy) is 2. The Morgan fingerprint density at radius 2 is 1.20 bits per heavy atom. The lowest BCUT2D eigenvalue weighted by atomic mass is 9.79. The highest BCUT2D eigenvalue weighted by molar-refractivity contribution is 7.90. The van der Waals surface area contributed by atoms with Crippen LogP contribution in [0.25, 0.3) is 0 Å². The van der Waals surface area contributed by atoms with Crippen molar-refractivity contribution >= 4 is 55.3 Å². The topological polar surface area (TPSA) is 417 Å². The monoisotopic (exact) mass is 1320 g/mol. The van der Waals surface area contributed by atoms with Crippen LogP contribution in [0.15, 0.2) is 57.4 Å². The number of tetrazole rings is 1. The fraction of sp³-hybridized carbons (Fsp3) is 0.661. The van der Waals surface area contributed by atoms with Crippen molar-refractivity contribution in [3.63, 3.8) is 0 Å². The Morgan fingerprint density at radius 3 is 1.40 bits per heavy atom. The van der Waals surface area contributed by atoms with Gasteiger partial charge in [0.15, 0.2) is 17.8 Å². The zero-order chi connectivity index (χ0) is 71.0. The molecule has 5 rings (SSSR count). The average Bonchev–Trinajstić information content (AvgIpc) is 4.06. The predicted molar refractivity (Wildman–Crippen MR) is 325 cm³/mol. The van der Waals surface area contributed by atoms with Gasteiger partial charge in [-0.25, -0.2) is 18.7 Å². The third-order valence-electron chi connectivity index (χ3n) is 10.5. The van der Waals surface area contributed by atoms with Crippen molar-refractivity contribution in [3.8, 4) is 11.9 Å². The standard InChI is InChI=1S/C10H13ClO.C9H14O2.C8H12O4.C7H11NO2.C6H10N2O.C5H10F3NO2S.C5H11NO2.C4H10O3S.C2H4N4/c1-10(2,3)7-4-5-9(12)8(11)6-7;1-9(2,3)7-4-6(10)5-8(7)11;1-8(2,3)7-11-5(9)4-6(10)12-7;1-7(2,3)5-4-6(9)8-10-5;1-6(2,3)5(9)8-4-7;1-4(2,3)12(10,11)9-5(6,7)8;1-5(2,3)4(7)6-8;1-4(2,3)8(5,6)7;1-2-3-5-6-4-2/h4-6,12H,1-3H3;5,7,11H,4H2,1-3H3;4,7,9H,1-3H3;4H,1-3H3,(H,8,9);1-3H3,(H,8,9);9H,1-3H3;8H,1-3H3,(H,6,7);1-3H3,(H,5,6,7);1H3,(H,3,4,5,6). The Kier molecular flexibility index (Phi) is 34.9. The van der Waals surface area contributed by atoms with Crippen LogP contribution in [0, 0.1) is 46.0 Å². The maximum Gasteiger partial charge on any atom is 0.470 e. The number of rotatable bonds is 1. The first-order valence-corrected chi connectivity index (χ1v) is 29.9. The van der Waals surface area contributed by atoms with Crippen molar-refractivity contribution in [3.05, 3.63) is 80.6 Å². The smallest absolute Gasteiger partial charge is 0.470 e. The van der Waals surface area contributed by atoms with E-state index in [4.69, 9.17) is 45.7 Å². The van der Waals surface area contributed by atoms with Crippen LogP contribution in [0.2, 0.25) is 5.02 Å². The van der Waals surface area contributed by atoms with Crippen molar-refractivity contribution in [2.45, 2.75) is 212 Å². The van der Waals surface area contributed by atoms with Gasteiger partial charge in [-0.05, 0) is 77.0 Å². The van der Waals surface area contributed by atoms with Crippen molar-refractivity contribution < 1.29 is 88.3 Å². The molecule has 2 unspecified atom stereocenters. The number of aromatic nitrogens is 5. The quantitative estimate of drug-likeness (QED) is 0.0206. The zero-order valence-electron chi connectivity index (χ0n) is 55.1. The van der Waals surface area contributed by atoms with E-state index >= 15 is 0 Å². The Balaban J connectivity index is -0.000000454. The number of H-pyrrole nitrogens is 2. The maximum atomic E-state index is 11.6. The first kappa shape index (κ1) is 87.8. The number of phenolic OH excluding ortho intramolecular Hbond substituents is 1. The number of aromatic hydroxyl groups is 1.